The Hall–Kier alpha value is -1.55. The molecule has 2 unspecified atom stereocenters. The van der Waals surface area contributed by atoms with Crippen molar-refractivity contribution in [3.8, 4) is 0 Å². The molecule has 0 heterocycles. The summed E-state index contributed by atoms with van der Waals surface area (Å²) in [6, 6.07) is 7.83. The van der Waals surface area contributed by atoms with E-state index in [1.54, 1.807) is 6.07 Å². The topological polar surface area (TPSA) is 47.6 Å². The van der Waals surface area contributed by atoms with E-state index in [1.807, 2.05) is 32.0 Å². The molecule has 4 nitrogen and oxygen atoms in total. The summed E-state index contributed by atoms with van der Waals surface area (Å²) >= 11 is 0. The van der Waals surface area contributed by atoms with Gasteiger partial charge in [-0.05, 0) is 38.5 Å². The molecule has 0 amide bonds. The molecule has 1 aromatic carbocycles. The number of carbonyl (C=O) groups excluding carboxylic acids is 1. The molecule has 1 aliphatic carbocycles. The Balaban J connectivity index is 2.01. The van der Waals surface area contributed by atoms with E-state index in [1.165, 1.54) is 0 Å². The number of benzene rings is 1. The number of esters is 1. The summed E-state index contributed by atoms with van der Waals surface area (Å²) in [5.74, 6) is -0.277. The highest BCUT2D eigenvalue weighted by Gasteiger charge is 2.48. The maximum atomic E-state index is 11.8. The van der Waals surface area contributed by atoms with Gasteiger partial charge in [0.05, 0.1) is 18.3 Å². The van der Waals surface area contributed by atoms with Crippen LogP contribution in [0.1, 0.15) is 44.5 Å². The number of carbonyl (C=O) groups is 1. The Kier molecular flexibility index (Phi) is 4.88. The molecular weight excluding hydrogens is 266 g/mol. The average Bonchev–Trinajstić information content (AvgIpc) is 2.47. The van der Waals surface area contributed by atoms with Crippen molar-refractivity contribution in [3.63, 3.8) is 0 Å². The number of rotatable bonds is 6. The van der Waals surface area contributed by atoms with Gasteiger partial charge in [0.2, 0.25) is 0 Å². The molecular formula is C17H25NO3. The molecule has 21 heavy (non-hydrogen) atoms. The average molecular weight is 291 g/mol. The molecule has 1 aliphatic rings. The van der Waals surface area contributed by atoms with Crippen molar-refractivity contribution < 1.29 is 14.3 Å². The SMILES string of the molecule is CCOC(=O)c1cccc(NC2CC(OCC)C2(C)C)c1. The first-order valence-corrected chi connectivity index (χ1v) is 7.64. The number of hydrogen-bond donors (Lipinski definition) is 1. The van der Waals surface area contributed by atoms with E-state index >= 15 is 0 Å². The fraction of sp³-hybridized carbons (Fsp3) is 0.588. The fourth-order valence-electron chi connectivity index (χ4n) is 2.77. The molecule has 0 aliphatic heterocycles. The van der Waals surface area contributed by atoms with Gasteiger partial charge in [-0.3, -0.25) is 0 Å². The van der Waals surface area contributed by atoms with Gasteiger partial charge in [-0.1, -0.05) is 19.9 Å². The van der Waals surface area contributed by atoms with Crippen LogP contribution in [0.15, 0.2) is 24.3 Å². The van der Waals surface area contributed by atoms with E-state index in [-0.39, 0.29) is 11.4 Å². The van der Waals surface area contributed by atoms with E-state index < -0.39 is 0 Å². The normalized spacial score (nSPS) is 23.2. The van der Waals surface area contributed by atoms with Gasteiger partial charge in [0, 0.05) is 23.8 Å². The van der Waals surface area contributed by atoms with Crippen LogP contribution in [-0.4, -0.2) is 31.3 Å². The molecule has 1 saturated carbocycles. The van der Waals surface area contributed by atoms with Gasteiger partial charge >= 0.3 is 5.97 Å². The number of ether oxygens (including phenoxy) is 2. The standard InChI is InChI=1S/C17H25NO3/c1-5-20-15-11-14(17(15,3)4)18-13-9-7-8-12(10-13)16(19)21-6-2/h7-10,14-15,18H,5-6,11H2,1-4H3. The number of nitrogens with one attached hydrogen (secondary N) is 1. The minimum absolute atomic E-state index is 0.0932. The van der Waals surface area contributed by atoms with Crippen LogP contribution in [0.4, 0.5) is 5.69 Å². The van der Waals surface area contributed by atoms with Gasteiger partial charge in [-0.25, -0.2) is 4.79 Å². The van der Waals surface area contributed by atoms with Crippen LogP contribution in [0.2, 0.25) is 0 Å². The molecule has 0 spiro atoms. The van der Waals surface area contributed by atoms with Crippen molar-refractivity contribution >= 4 is 11.7 Å². The summed E-state index contributed by atoms with van der Waals surface area (Å²) < 4.78 is 10.8. The Morgan fingerprint density at radius 3 is 2.71 bits per heavy atom. The van der Waals surface area contributed by atoms with Crippen LogP contribution in [0.5, 0.6) is 0 Å². The third kappa shape index (κ3) is 3.38. The fourth-order valence-corrected chi connectivity index (χ4v) is 2.77. The van der Waals surface area contributed by atoms with Crippen LogP contribution in [0, 0.1) is 5.41 Å². The Bertz CT molecular complexity index is 499. The molecule has 0 bridgehead atoms. The molecule has 2 atom stereocenters. The zero-order valence-corrected chi connectivity index (χ0v) is 13.3. The molecule has 1 N–H and O–H groups in total. The summed E-state index contributed by atoms with van der Waals surface area (Å²) in [6.07, 6.45) is 1.29. The second-order valence-electron chi connectivity index (χ2n) is 6.00. The van der Waals surface area contributed by atoms with Crippen molar-refractivity contribution in [1.82, 2.24) is 0 Å². The van der Waals surface area contributed by atoms with E-state index in [9.17, 15) is 4.79 Å². The summed E-state index contributed by atoms with van der Waals surface area (Å²) in [4.78, 5) is 11.8. The quantitative estimate of drug-likeness (QED) is 0.815. The smallest absolute Gasteiger partial charge is 0.338 e. The number of anilines is 1. The minimum Gasteiger partial charge on any atom is -0.462 e. The minimum atomic E-state index is -0.277. The Morgan fingerprint density at radius 1 is 1.33 bits per heavy atom. The molecule has 0 aromatic heterocycles. The zero-order valence-electron chi connectivity index (χ0n) is 13.3. The van der Waals surface area contributed by atoms with Gasteiger partial charge in [-0.2, -0.15) is 0 Å². The lowest BCUT2D eigenvalue weighted by molar-refractivity contribution is -0.0975. The van der Waals surface area contributed by atoms with E-state index in [2.05, 4.69) is 19.2 Å². The van der Waals surface area contributed by atoms with Gasteiger partial charge in [0.1, 0.15) is 0 Å². The van der Waals surface area contributed by atoms with Gasteiger partial charge in [-0.15, -0.1) is 0 Å². The van der Waals surface area contributed by atoms with Gasteiger partial charge in [0.25, 0.3) is 0 Å². The van der Waals surface area contributed by atoms with Crippen LogP contribution in [0.25, 0.3) is 0 Å². The second-order valence-corrected chi connectivity index (χ2v) is 6.00. The summed E-state index contributed by atoms with van der Waals surface area (Å²) in [6.45, 7) is 9.40. The van der Waals surface area contributed by atoms with Crippen LogP contribution in [-0.2, 0) is 9.47 Å². The maximum Gasteiger partial charge on any atom is 0.338 e. The Morgan fingerprint density at radius 2 is 2.10 bits per heavy atom. The van der Waals surface area contributed by atoms with E-state index in [4.69, 9.17) is 9.47 Å². The lowest BCUT2D eigenvalue weighted by Gasteiger charge is -2.52. The van der Waals surface area contributed by atoms with Gasteiger partial charge < -0.3 is 14.8 Å². The molecule has 1 aromatic rings. The largest absolute Gasteiger partial charge is 0.462 e. The molecule has 4 heteroatoms. The molecule has 1 fully saturated rings. The van der Waals surface area contributed by atoms with E-state index in [0.717, 1.165) is 18.7 Å². The molecule has 0 radical (unpaired) electrons. The highest BCUT2D eigenvalue weighted by Crippen LogP contribution is 2.44. The first kappa shape index (κ1) is 15.8. The first-order chi connectivity index (χ1) is 9.98. The van der Waals surface area contributed by atoms with Crippen molar-refractivity contribution in [2.45, 2.75) is 46.3 Å². The lowest BCUT2D eigenvalue weighted by atomic mass is 9.64. The highest BCUT2D eigenvalue weighted by atomic mass is 16.5. The van der Waals surface area contributed by atoms with Crippen LogP contribution >= 0.6 is 0 Å². The van der Waals surface area contributed by atoms with Gasteiger partial charge in [0.15, 0.2) is 0 Å². The van der Waals surface area contributed by atoms with Crippen molar-refractivity contribution in [2.75, 3.05) is 18.5 Å². The maximum absolute atomic E-state index is 11.8. The molecule has 116 valence electrons. The predicted octanol–water partition coefficient (Wildman–Crippen LogP) is 3.48. The molecule has 2 rings (SSSR count). The van der Waals surface area contributed by atoms with Crippen LogP contribution < -0.4 is 5.32 Å². The van der Waals surface area contributed by atoms with E-state index in [0.29, 0.717) is 24.3 Å². The van der Waals surface area contributed by atoms with Crippen molar-refractivity contribution in [3.05, 3.63) is 29.8 Å². The van der Waals surface area contributed by atoms with Crippen molar-refractivity contribution in [2.24, 2.45) is 5.41 Å². The second kappa shape index (κ2) is 6.48. The first-order valence-electron chi connectivity index (χ1n) is 7.64. The third-order valence-electron chi connectivity index (χ3n) is 4.26. The number of hydrogen-bond acceptors (Lipinski definition) is 4. The predicted molar refractivity (Wildman–Crippen MR) is 83.6 cm³/mol. The molecule has 0 saturated heterocycles. The zero-order chi connectivity index (χ0) is 15.5. The summed E-state index contributed by atoms with van der Waals surface area (Å²) in [5, 5.41) is 3.51. The Labute approximate surface area is 126 Å². The lowest BCUT2D eigenvalue weighted by Crippen LogP contribution is -2.58. The van der Waals surface area contributed by atoms with Crippen LogP contribution in [0.3, 0.4) is 0 Å². The monoisotopic (exact) mass is 291 g/mol. The summed E-state index contributed by atoms with van der Waals surface area (Å²) in [7, 11) is 0. The third-order valence-corrected chi connectivity index (χ3v) is 4.26. The summed E-state index contributed by atoms with van der Waals surface area (Å²) in [5.41, 5.74) is 1.63. The highest BCUT2D eigenvalue weighted by molar-refractivity contribution is 5.90. The van der Waals surface area contributed by atoms with Crippen molar-refractivity contribution in [1.29, 1.82) is 0 Å².